The second-order valence-electron chi connectivity index (χ2n) is 4.90. The van der Waals surface area contributed by atoms with E-state index in [1.54, 1.807) is 23.1 Å². The Morgan fingerprint density at radius 1 is 1.38 bits per heavy atom. The maximum Gasteiger partial charge on any atom is 0.242 e. The molecule has 0 aliphatic carbocycles. The van der Waals surface area contributed by atoms with Crippen molar-refractivity contribution >= 4 is 5.91 Å². The summed E-state index contributed by atoms with van der Waals surface area (Å²) in [5, 5.41) is 6.96. The highest BCUT2D eigenvalue weighted by molar-refractivity contribution is 5.76. The summed E-state index contributed by atoms with van der Waals surface area (Å²) in [7, 11) is 0. The summed E-state index contributed by atoms with van der Waals surface area (Å²) >= 11 is 0. The maximum absolute atomic E-state index is 12.0. The number of benzene rings is 1. The van der Waals surface area contributed by atoms with Crippen molar-refractivity contribution in [2.45, 2.75) is 19.5 Å². The van der Waals surface area contributed by atoms with Gasteiger partial charge in [0, 0.05) is 12.4 Å². The first kappa shape index (κ1) is 13.5. The lowest BCUT2D eigenvalue weighted by molar-refractivity contribution is -0.122. The van der Waals surface area contributed by atoms with Crippen LogP contribution in [0.3, 0.4) is 0 Å². The number of hydrogen-bond acceptors (Lipinski definition) is 4. The number of nitrogens with zero attached hydrogens (tertiary/aromatic N) is 2. The van der Waals surface area contributed by atoms with Crippen LogP contribution in [0.5, 0.6) is 11.5 Å². The third-order valence-corrected chi connectivity index (χ3v) is 3.31. The number of amides is 1. The minimum Gasteiger partial charge on any atom is -0.486 e. The number of ether oxygens (including phenoxy) is 2. The first-order valence-electron chi connectivity index (χ1n) is 6.89. The molecule has 0 spiro atoms. The van der Waals surface area contributed by atoms with Crippen molar-refractivity contribution in [2.24, 2.45) is 0 Å². The summed E-state index contributed by atoms with van der Waals surface area (Å²) in [5.74, 6) is 1.40. The lowest BCUT2D eigenvalue weighted by Gasteiger charge is -2.21. The van der Waals surface area contributed by atoms with Gasteiger partial charge in [-0.05, 0) is 30.7 Å². The molecule has 1 N–H and O–H groups in total. The molecule has 1 aromatic carbocycles. The van der Waals surface area contributed by atoms with Crippen LogP contribution in [0.4, 0.5) is 0 Å². The number of carbonyl (C=O) groups excluding carboxylic acids is 1. The Labute approximate surface area is 122 Å². The number of aromatic nitrogens is 2. The monoisotopic (exact) mass is 287 g/mol. The van der Waals surface area contributed by atoms with Gasteiger partial charge in [-0.1, -0.05) is 6.07 Å². The molecular formula is C15H17N3O3. The van der Waals surface area contributed by atoms with Gasteiger partial charge in [0.15, 0.2) is 11.5 Å². The van der Waals surface area contributed by atoms with Gasteiger partial charge in [0.25, 0.3) is 0 Å². The molecule has 0 saturated heterocycles. The highest BCUT2D eigenvalue weighted by atomic mass is 16.6. The summed E-state index contributed by atoms with van der Waals surface area (Å²) in [4.78, 5) is 12.0. The largest absolute Gasteiger partial charge is 0.486 e. The molecular weight excluding hydrogens is 270 g/mol. The fourth-order valence-corrected chi connectivity index (χ4v) is 2.24. The van der Waals surface area contributed by atoms with E-state index < -0.39 is 0 Å². The molecule has 1 aromatic heterocycles. The standard InChI is InChI=1S/C15H17N3O3/c1-11(17-15(19)10-18-6-2-5-16-18)12-3-4-13-14(9-12)21-8-7-20-13/h2-6,9,11H,7-8,10H2,1H3,(H,17,19)/t11-/m0/s1. The molecule has 1 amide bonds. The van der Waals surface area contributed by atoms with Crippen molar-refractivity contribution in [1.82, 2.24) is 15.1 Å². The average molecular weight is 287 g/mol. The molecule has 2 heterocycles. The fourth-order valence-electron chi connectivity index (χ4n) is 2.24. The summed E-state index contributed by atoms with van der Waals surface area (Å²) in [6.07, 6.45) is 3.41. The van der Waals surface area contributed by atoms with E-state index in [1.165, 1.54) is 0 Å². The Morgan fingerprint density at radius 2 is 2.19 bits per heavy atom. The van der Waals surface area contributed by atoms with E-state index in [-0.39, 0.29) is 18.5 Å². The minimum atomic E-state index is -0.108. The van der Waals surface area contributed by atoms with Crippen molar-refractivity contribution in [1.29, 1.82) is 0 Å². The van der Waals surface area contributed by atoms with Gasteiger partial charge in [-0.2, -0.15) is 5.10 Å². The predicted octanol–water partition coefficient (Wildman–Crippen LogP) is 1.53. The molecule has 110 valence electrons. The first-order valence-corrected chi connectivity index (χ1v) is 6.89. The Kier molecular flexibility index (Phi) is 3.77. The van der Waals surface area contributed by atoms with E-state index >= 15 is 0 Å². The van der Waals surface area contributed by atoms with Gasteiger partial charge in [-0.3, -0.25) is 9.48 Å². The molecule has 1 aliphatic rings. The Morgan fingerprint density at radius 3 is 2.95 bits per heavy atom. The van der Waals surface area contributed by atoms with Gasteiger partial charge in [0.2, 0.25) is 5.91 Å². The smallest absolute Gasteiger partial charge is 0.242 e. The van der Waals surface area contributed by atoms with Crippen LogP contribution in [0.2, 0.25) is 0 Å². The normalized spacial score (nSPS) is 14.5. The van der Waals surface area contributed by atoms with Gasteiger partial charge in [0.1, 0.15) is 19.8 Å². The number of fused-ring (bicyclic) bond motifs is 1. The molecule has 1 atom stereocenters. The molecule has 0 saturated carbocycles. The molecule has 0 unspecified atom stereocenters. The van der Waals surface area contributed by atoms with Crippen molar-refractivity contribution in [3.8, 4) is 11.5 Å². The van der Waals surface area contributed by atoms with E-state index in [0.717, 1.165) is 17.1 Å². The van der Waals surface area contributed by atoms with Gasteiger partial charge in [-0.25, -0.2) is 0 Å². The Bertz CT molecular complexity index is 625. The molecule has 0 fully saturated rings. The molecule has 6 nitrogen and oxygen atoms in total. The van der Waals surface area contributed by atoms with Crippen LogP contribution >= 0.6 is 0 Å². The summed E-state index contributed by atoms with van der Waals surface area (Å²) < 4.78 is 12.6. The molecule has 3 rings (SSSR count). The van der Waals surface area contributed by atoms with Crippen molar-refractivity contribution in [2.75, 3.05) is 13.2 Å². The summed E-state index contributed by atoms with van der Waals surface area (Å²) in [6, 6.07) is 7.40. The van der Waals surface area contributed by atoms with Crippen LogP contribution in [-0.2, 0) is 11.3 Å². The Balaban J connectivity index is 1.64. The van der Waals surface area contributed by atoms with Gasteiger partial charge in [0.05, 0.1) is 6.04 Å². The van der Waals surface area contributed by atoms with E-state index in [2.05, 4.69) is 10.4 Å². The lowest BCUT2D eigenvalue weighted by atomic mass is 10.1. The van der Waals surface area contributed by atoms with Crippen molar-refractivity contribution in [3.63, 3.8) is 0 Å². The molecule has 2 aromatic rings. The number of rotatable bonds is 4. The van der Waals surface area contributed by atoms with Crippen LogP contribution in [0.1, 0.15) is 18.5 Å². The molecule has 21 heavy (non-hydrogen) atoms. The van der Waals surface area contributed by atoms with Crippen LogP contribution < -0.4 is 14.8 Å². The van der Waals surface area contributed by atoms with Crippen LogP contribution in [0.25, 0.3) is 0 Å². The minimum absolute atomic E-state index is 0.0823. The zero-order valence-corrected chi connectivity index (χ0v) is 11.8. The third-order valence-electron chi connectivity index (χ3n) is 3.31. The van der Waals surface area contributed by atoms with E-state index in [0.29, 0.717) is 13.2 Å². The zero-order valence-electron chi connectivity index (χ0n) is 11.8. The van der Waals surface area contributed by atoms with Gasteiger partial charge >= 0.3 is 0 Å². The van der Waals surface area contributed by atoms with Crippen LogP contribution in [-0.4, -0.2) is 28.9 Å². The predicted molar refractivity (Wildman–Crippen MR) is 76.2 cm³/mol. The number of carbonyl (C=O) groups is 1. The van der Waals surface area contributed by atoms with Gasteiger partial charge in [-0.15, -0.1) is 0 Å². The van der Waals surface area contributed by atoms with Crippen LogP contribution in [0.15, 0.2) is 36.7 Å². The molecule has 6 heteroatoms. The third kappa shape index (κ3) is 3.16. The SMILES string of the molecule is C[C@H](NC(=O)Cn1cccn1)c1ccc2c(c1)OCCO2. The lowest BCUT2D eigenvalue weighted by Crippen LogP contribution is -2.30. The highest BCUT2D eigenvalue weighted by Gasteiger charge is 2.15. The Hall–Kier alpha value is -2.50. The fraction of sp³-hybridized carbons (Fsp3) is 0.333. The topological polar surface area (TPSA) is 65.4 Å². The number of hydrogen-bond donors (Lipinski definition) is 1. The maximum atomic E-state index is 12.0. The second-order valence-corrected chi connectivity index (χ2v) is 4.90. The second kappa shape index (κ2) is 5.87. The van der Waals surface area contributed by atoms with Crippen molar-refractivity contribution < 1.29 is 14.3 Å². The summed E-state index contributed by atoms with van der Waals surface area (Å²) in [6.45, 7) is 3.27. The summed E-state index contributed by atoms with van der Waals surface area (Å²) in [5.41, 5.74) is 0.980. The van der Waals surface area contributed by atoms with Crippen molar-refractivity contribution in [3.05, 3.63) is 42.2 Å². The number of nitrogens with one attached hydrogen (secondary N) is 1. The van der Waals surface area contributed by atoms with E-state index in [4.69, 9.17) is 9.47 Å². The average Bonchev–Trinajstić information content (AvgIpc) is 2.99. The molecule has 0 bridgehead atoms. The van der Waals surface area contributed by atoms with Crippen LogP contribution in [0, 0.1) is 0 Å². The first-order chi connectivity index (χ1) is 10.2. The molecule has 0 radical (unpaired) electrons. The van der Waals surface area contributed by atoms with E-state index in [1.807, 2.05) is 25.1 Å². The molecule has 1 aliphatic heterocycles. The quantitative estimate of drug-likeness (QED) is 0.926. The highest BCUT2D eigenvalue weighted by Crippen LogP contribution is 2.32. The van der Waals surface area contributed by atoms with Gasteiger partial charge < -0.3 is 14.8 Å². The zero-order chi connectivity index (χ0) is 14.7. The van der Waals surface area contributed by atoms with E-state index in [9.17, 15) is 4.79 Å².